The van der Waals surface area contributed by atoms with Crippen LogP contribution in [0.15, 0.2) is 36.5 Å². The molecule has 0 radical (unpaired) electrons. The first kappa shape index (κ1) is 14.7. The number of benzene rings is 1. The van der Waals surface area contributed by atoms with Crippen molar-refractivity contribution in [3.8, 4) is 5.75 Å². The lowest BCUT2D eigenvalue weighted by atomic mass is 10.1. The zero-order chi connectivity index (χ0) is 15.5. The maximum Gasteiger partial charge on any atom is 0.237 e. The summed E-state index contributed by atoms with van der Waals surface area (Å²) < 4.78 is 5.53. The Morgan fingerprint density at radius 3 is 3.09 bits per heavy atom. The molecule has 2 aromatic rings. The van der Waals surface area contributed by atoms with Gasteiger partial charge >= 0.3 is 0 Å². The summed E-state index contributed by atoms with van der Waals surface area (Å²) in [5.74, 6) is 0.365. The van der Waals surface area contributed by atoms with Gasteiger partial charge in [0.2, 0.25) is 5.91 Å². The van der Waals surface area contributed by atoms with Gasteiger partial charge in [-0.3, -0.25) is 4.79 Å². The second-order valence-electron chi connectivity index (χ2n) is 5.06. The van der Waals surface area contributed by atoms with Crippen molar-refractivity contribution >= 4 is 17.5 Å². The van der Waals surface area contributed by atoms with E-state index in [0.29, 0.717) is 29.5 Å². The minimum atomic E-state index is -0.695. The Morgan fingerprint density at radius 1 is 1.45 bits per heavy atom. The van der Waals surface area contributed by atoms with E-state index in [1.165, 1.54) is 0 Å². The van der Waals surface area contributed by atoms with Crippen LogP contribution >= 0.6 is 11.6 Å². The van der Waals surface area contributed by atoms with Crippen molar-refractivity contribution in [1.29, 1.82) is 0 Å². The Hall–Kier alpha value is -2.18. The summed E-state index contributed by atoms with van der Waals surface area (Å²) in [7, 11) is 0. The fraction of sp³-hybridized carbons (Fsp3) is 0.267. The van der Waals surface area contributed by atoms with Crippen LogP contribution in [-0.4, -0.2) is 28.8 Å². The van der Waals surface area contributed by atoms with Crippen LogP contribution in [0.4, 0.5) is 0 Å². The predicted octanol–water partition coefficient (Wildman–Crippen LogP) is 1.25. The molecule has 1 aromatic carbocycles. The fourth-order valence-electron chi connectivity index (χ4n) is 2.37. The lowest BCUT2D eigenvalue weighted by Gasteiger charge is -2.16. The first-order valence-electron chi connectivity index (χ1n) is 6.89. The molecule has 22 heavy (non-hydrogen) atoms. The van der Waals surface area contributed by atoms with E-state index in [2.05, 4.69) is 15.5 Å². The molecule has 1 aliphatic heterocycles. The Morgan fingerprint density at radius 2 is 2.32 bits per heavy atom. The third kappa shape index (κ3) is 3.03. The number of hydrogen-bond acceptors (Lipinski definition) is 5. The second kappa shape index (κ2) is 6.29. The smallest absolute Gasteiger partial charge is 0.237 e. The molecule has 0 saturated heterocycles. The average Bonchev–Trinajstić information content (AvgIpc) is 2.93. The maximum atomic E-state index is 12.2. The van der Waals surface area contributed by atoms with E-state index < -0.39 is 6.04 Å². The van der Waals surface area contributed by atoms with E-state index in [1.54, 1.807) is 24.4 Å². The van der Waals surface area contributed by atoms with E-state index in [4.69, 9.17) is 22.1 Å². The number of rotatable bonds is 4. The molecule has 0 aliphatic carbocycles. The molecule has 1 aromatic heterocycles. The quantitative estimate of drug-likeness (QED) is 0.885. The number of amides is 1. The Kier molecular flexibility index (Phi) is 4.22. The normalized spacial score (nSPS) is 17.5. The Labute approximate surface area is 132 Å². The number of nitrogens with one attached hydrogen (secondary N) is 1. The van der Waals surface area contributed by atoms with Gasteiger partial charge in [0.25, 0.3) is 0 Å². The predicted molar refractivity (Wildman–Crippen MR) is 81.5 cm³/mol. The molecule has 0 spiro atoms. The summed E-state index contributed by atoms with van der Waals surface area (Å²) in [4.78, 5) is 12.2. The van der Waals surface area contributed by atoms with Crippen molar-refractivity contribution < 1.29 is 9.53 Å². The number of para-hydroxylation sites is 1. The molecule has 114 valence electrons. The molecule has 0 fully saturated rings. The van der Waals surface area contributed by atoms with Crippen molar-refractivity contribution in [3.05, 3.63) is 52.8 Å². The van der Waals surface area contributed by atoms with Crippen LogP contribution in [0.5, 0.6) is 5.75 Å². The van der Waals surface area contributed by atoms with Gasteiger partial charge in [0.15, 0.2) is 0 Å². The number of aromatic nitrogens is 2. The number of carbonyl (C=O) groups is 1. The number of fused-ring (bicyclic) bond motifs is 1. The molecular weight excluding hydrogens is 304 g/mol. The van der Waals surface area contributed by atoms with Gasteiger partial charge in [0.1, 0.15) is 12.4 Å². The number of hydrogen-bond donors (Lipinski definition) is 2. The van der Waals surface area contributed by atoms with Crippen molar-refractivity contribution in [2.45, 2.75) is 18.5 Å². The highest BCUT2D eigenvalue weighted by Crippen LogP contribution is 2.37. The van der Waals surface area contributed by atoms with Crippen LogP contribution < -0.4 is 15.8 Å². The van der Waals surface area contributed by atoms with Crippen molar-refractivity contribution in [2.75, 3.05) is 6.61 Å². The highest BCUT2D eigenvalue weighted by atomic mass is 35.5. The van der Waals surface area contributed by atoms with E-state index in [1.807, 2.05) is 12.1 Å². The lowest BCUT2D eigenvalue weighted by Crippen LogP contribution is -2.44. The largest absolute Gasteiger partial charge is 0.489 e. The van der Waals surface area contributed by atoms with Crippen molar-refractivity contribution in [1.82, 2.24) is 15.5 Å². The zero-order valence-electron chi connectivity index (χ0n) is 11.7. The third-order valence-corrected chi connectivity index (χ3v) is 3.77. The molecule has 6 nitrogen and oxygen atoms in total. The fourth-order valence-corrected chi connectivity index (χ4v) is 2.60. The molecule has 0 saturated carbocycles. The molecular formula is C15H15ClN4O2. The summed E-state index contributed by atoms with van der Waals surface area (Å²) >= 11 is 6.06. The standard InChI is InChI=1S/C15H15ClN4O2/c16-11-5-1-4-10-13(8-22-14(10)11)19-15(21)12(17)7-9-3-2-6-18-20-9/h1-6,12-13H,7-8,17H2,(H,19,21). The molecule has 3 N–H and O–H groups in total. The molecule has 1 amide bonds. The summed E-state index contributed by atoms with van der Waals surface area (Å²) in [6.45, 7) is 0.350. The van der Waals surface area contributed by atoms with Gasteiger partial charge < -0.3 is 15.8 Å². The van der Waals surface area contributed by atoms with Crippen LogP contribution in [0.2, 0.25) is 5.02 Å². The Bertz CT molecular complexity index is 680. The van der Waals surface area contributed by atoms with Crippen molar-refractivity contribution in [3.63, 3.8) is 0 Å². The van der Waals surface area contributed by atoms with Crippen LogP contribution in [0, 0.1) is 0 Å². The first-order chi connectivity index (χ1) is 10.6. The van der Waals surface area contributed by atoms with Gasteiger partial charge in [-0.05, 0) is 18.2 Å². The monoisotopic (exact) mass is 318 g/mol. The highest BCUT2D eigenvalue weighted by Gasteiger charge is 2.28. The van der Waals surface area contributed by atoms with Gasteiger partial charge in [-0.25, -0.2) is 0 Å². The summed E-state index contributed by atoms with van der Waals surface area (Å²) in [5, 5.41) is 11.1. The molecule has 1 aliphatic rings. The molecule has 2 unspecified atom stereocenters. The van der Waals surface area contributed by atoms with E-state index in [9.17, 15) is 4.79 Å². The average molecular weight is 319 g/mol. The van der Waals surface area contributed by atoms with Gasteiger partial charge in [-0.15, -0.1) is 0 Å². The second-order valence-corrected chi connectivity index (χ2v) is 5.46. The maximum absolute atomic E-state index is 12.2. The minimum Gasteiger partial charge on any atom is -0.489 e. The van der Waals surface area contributed by atoms with E-state index in [-0.39, 0.29) is 11.9 Å². The number of ether oxygens (including phenoxy) is 1. The van der Waals surface area contributed by atoms with Crippen molar-refractivity contribution in [2.24, 2.45) is 5.73 Å². The molecule has 0 bridgehead atoms. The van der Waals surface area contributed by atoms with Gasteiger partial charge in [-0.1, -0.05) is 23.7 Å². The molecule has 2 heterocycles. The summed E-state index contributed by atoms with van der Waals surface area (Å²) in [5.41, 5.74) is 7.48. The first-order valence-corrected chi connectivity index (χ1v) is 7.26. The van der Waals surface area contributed by atoms with Gasteiger partial charge in [0, 0.05) is 18.2 Å². The third-order valence-electron chi connectivity index (χ3n) is 3.48. The van der Waals surface area contributed by atoms with E-state index in [0.717, 1.165) is 5.56 Å². The van der Waals surface area contributed by atoms with E-state index >= 15 is 0 Å². The number of halogens is 1. The van der Waals surface area contributed by atoms with Crippen LogP contribution in [0.25, 0.3) is 0 Å². The highest BCUT2D eigenvalue weighted by molar-refractivity contribution is 6.32. The van der Waals surface area contributed by atoms with Crippen LogP contribution in [-0.2, 0) is 11.2 Å². The molecule has 7 heteroatoms. The minimum absolute atomic E-state index is 0.242. The lowest BCUT2D eigenvalue weighted by molar-refractivity contribution is -0.123. The summed E-state index contributed by atoms with van der Waals surface area (Å²) in [6, 6.07) is 8.07. The summed E-state index contributed by atoms with van der Waals surface area (Å²) in [6.07, 6.45) is 1.90. The number of nitrogens with zero attached hydrogens (tertiary/aromatic N) is 2. The van der Waals surface area contributed by atoms with Gasteiger partial charge in [0.05, 0.1) is 22.8 Å². The number of carbonyl (C=O) groups excluding carboxylic acids is 1. The molecule has 2 atom stereocenters. The SMILES string of the molecule is NC(Cc1cccnn1)C(=O)NC1COc2c(Cl)cccc21. The van der Waals surface area contributed by atoms with Crippen LogP contribution in [0.1, 0.15) is 17.3 Å². The zero-order valence-corrected chi connectivity index (χ0v) is 12.5. The molecule has 3 rings (SSSR count). The Balaban J connectivity index is 1.65. The van der Waals surface area contributed by atoms with Crippen LogP contribution in [0.3, 0.4) is 0 Å². The number of nitrogens with two attached hydrogens (primary N) is 1. The topological polar surface area (TPSA) is 90.1 Å². The van der Waals surface area contributed by atoms with Gasteiger partial charge in [-0.2, -0.15) is 10.2 Å².